The Hall–Kier alpha value is -1.13. The van der Waals surface area contributed by atoms with Crippen LogP contribution in [-0.4, -0.2) is 22.2 Å². The summed E-state index contributed by atoms with van der Waals surface area (Å²) in [5.74, 6) is 0.0400. The second-order valence-corrected chi connectivity index (χ2v) is 8.00. The van der Waals surface area contributed by atoms with E-state index in [0.717, 1.165) is 28.9 Å². The maximum Gasteiger partial charge on any atom is 0.338 e. The molecule has 0 aliphatic rings. The van der Waals surface area contributed by atoms with Crippen molar-refractivity contribution in [1.29, 1.82) is 0 Å². The number of hydrogen-bond acceptors (Lipinski definition) is 3. The molecule has 0 spiro atoms. The van der Waals surface area contributed by atoms with Gasteiger partial charge in [-0.2, -0.15) is 0 Å². The second-order valence-electron chi connectivity index (χ2n) is 5.51. The molecule has 0 saturated heterocycles. The van der Waals surface area contributed by atoms with Crippen molar-refractivity contribution in [2.45, 2.75) is 13.5 Å². The van der Waals surface area contributed by atoms with Gasteiger partial charge in [0.2, 0.25) is 0 Å². The fourth-order valence-electron chi connectivity index (χ4n) is 2.73. The number of rotatable bonds is 4. The summed E-state index contributed by atoms with van der Waals surface area (Å²) < 4.78 is 9.67. The van der Waals surface area contributed by atoms with E-state index >= 15 is 0 Å². The molecule has 6 heteroatoms. The summed E-state index contributed by atoms with van der Waals surface area (Å²) >= 11 is 4.50. The minimum absolute atomic E-state index is 0.00469. The maximum atomic E-state index is 12.0. The molecule has 24 heavy (non-hydrogen) atoms. The number of halogens is 2. The third-order valence-electron chi connectivity index (χ3n) is 3.72. The van der Waals surface area contributed by atoms with Gasteiger partial charge in [0.15, 0.2) is 5.75 Å². The van der Waals surface area contributed by atoms with Gasteiger partial charge in [-0.15, -0.1) is 0 Å². The molecule has 0 amide bonds. The van der Waals surface area contributed by atoms with Crippen molar-refractivity contribution in [3.8, 4) is 5.75 Å². The van der Waals surface area contributed by atoms with Gasteiger partial charge in [-0.25, -0.2) is 4.79 Å². The van der Waals surface area contributed by atoms with Gasteiger partial charge in [-0.1, -0.05) is 6.58 Å². The lowest BCUT2D eigenvalue weighted by Gasteiger charge is -2.10. The van der Waals surface area contributed by atoms with Crippen molar-refractivity contribution >= 4 is 73.0 Å². The third kappa shape index (κ3) is 3.18. The maximum absolute atomic E-state index is 12.0. The zero-order chi connectivity index (χ0) is 17.4. The molecule has 0 atom stereocenters. The third-order valence-corrected chi connectivity index (χ3v) is 5.02. The summed E-state index contributed by atoms with van der Waals surface area (Å²) in [5, 5.41) is 11.6. The Labute approximate surface area is 166 Å². The zero-order valence-corrected chi connectivity index (χ0v) is 17.3. The van der Waals surface area contributed by atoms with Gasteiger partial charge in [-0.05, 0) is 82.4 Å². The van der Waals surface area contributed by atoms with Gasteiger partial charge in [0.1, 0.15) is 0 Å². The number of aromatic nitrogens is 1. The van der Waals surface area contributed by atoms with E-state index in [1.54, 1.807) is 6.92 Å². The molecule has 4 nitrogen and oxygen atoms in total. The Balaban J connectivity index is 2.38. The van der Waals surface area contributed by atoms with Crippen LogP contribution in [-0.2, 0) is 11.3 Å². The van der Waals surface area contributed by atoms with Crippen molar-refractivity contribution in [2.75, 3.05) is 6.61 Å². The number of carbonyl (C=O) groups excluding carboxylic acids is 1. The van der Waals surface area contributed by atoms with Gasteiger partial charge >= 0.3 is 5.97 Å². The Morgan fingerprint density at radius 1 is 1.21 bits per heavy atom. The quantitative estimate of drug-likeness (QED) is 0.227. The van der Waals surface area contributed by atoms with Gasteiger partial charge in [0.05, 0.1) is 12.1 Å². The van der Waals surface area contributed by atoms with Crippen LogP contribution in [0, 0.1) is 7.14 Å². The Bertz CT molecular complexity index is 975. The predicted octanol–water partition coefficient (Wildman–Crippen LogP) is 4.48. The molecule has 3 aromatic rings. The number of aliphatic hydroxyl groups excluding tert-OH is 1. The lowest BCUT2D eigenvalue weighted by molar-refractivity contribution is -0.130. The number of hydrogen-bond donors (Lipinski definition) is 1. The van der Waals surface area contributed by atoms with Crippen LogP contribution in [0.1, 0.15) is 6.92 Å². The fraction of sp³-hybridized carbons (Fsp3) is 0.167. The van der Waals surface area contributed by atoms with Crippen LogP contribution < -0.4 is 4.74 Å². The fourth-order valence-corrected chi connectivity index (χ4v) is 3.82. The van der Waals surface area contributed by atoms with Crippen LogP contribution in [0.4, 0.5) is 0 Å². The van der Waals surface area contributed by atoms with E-state index in [2.05, 4.69) is 63.9 Å². The first kappa shape index (κ1) is 17.7. The SMILES string of the molecule is C=C(C)C(=O)Oc1cc(I)cc2c3cc(I)ccc3n(CCO)c12. The monoisotopic (exact) mass is 547 g/mol. The van der Waals surface area contributed by atoms with Crippen molar-refractivity contribution in [3.05, 3.63) is 49.6 Å². The molecule has 0 aliphatic heterocycles. The highest BCUT2D eigenvalue weighted by molar-refractivity contribution is 14.1. The molecule has 1 aromatic heterocycles. The molecule has 0 fully saturated rings. The molecule has 0 aliphatic carbocycles. The normalized spacial score (nSPS) is 11.2. The molecule has 0 radical (unpaired) electrons. The standard InChI is InChI=1S/C18H15I2NO3/c1-10(2)18(23)24-16-9-12(20)8-14-13-7-11(19)3-4-15(13)21(5-6-22)17(14)16/h3-4,7-9,22H,1,5-6H2,2H3. The number of benzene rings is 2. The number of fused-ring (bicyclic) bond motifs is 3. The summed E-state index contributed by atoms with van der Waals surface area (Å²) in [4.78, 5) is 12.0. The van der Waals surface area contributed by atoms with Gasteiger partial charge in [0, 0.05) is 35.5 Å². The molecule has 0 saturated carbocycles. The number of esters is 1. The van der Waals surface area contributed by atoms with Crippen LogP contribution in [0.25, 0.3) is 21.8 Å². The van der Waals surface area contributed by atoms with Crippen molar-refractivity contribution in [3.63, 3.8) is 0 Å². The minimum Gasteiger partial charge on any atom is -0.421 e. The zero-order valence-electron chi connectivity index (χ0n) is 13.0. The van der Waals surface area contributed by atoms with Crippen LogP contribution in [0.2, 0.25) is 0 Å². The Morgan fingerprint density at radius 3 is 2.58 bits per heavy atom. The number of nitrogens with zero attached hydrogens (tertiary/aromatic N) is 1. The lowest BCUT2D eigenvalue weighted by Crippen LogP contribution is -2.10. The summed E-state index contributed by atoms with van der Waals surface area (Å²) in [6.45, 7) is 5.70. The average Bonchev–Trinajstić information content (AvgIpc) is 2.81. The van der Waals surface area contributed by atoms with E-state index in [4.69, 9.17) is 4.74 Å². The summed E-state index contributed by atoms with van der Waals surface area (Å²) in [6.07, 6.45) is 0. The first-order valence-corrected chi connectivity index (χ1v) is 9.47. The van der Waals surface area contributed by atoms with E-state index in [0.29, 0.717) is 17.9 Å². The molecular formula is C18H15I2NO3. The number of carbonyl (C=O) groups is 1. The highest BCUT2D eigenvalue weighted by Crippen LogP contribution is 2.37. The van der Waals surface area contributed by atoms with E-state index < -0.39 is 5.97 Å². The van der Waals surface area contributed by atoms with E-state index in [1.165, 1.54) is 0 Å². The van der Waals surface area contributed by atoms with E-state index in [-0.39, 0.29) is 6.61 Å². The highest BCUT2D eigenvalue weighted by Gasteiger charge is 2.18. The first-order valence-electron chi connectivity index (χ1n) is 7.32. The van der Waals surface area contributed by atoms with Crippen LogP contribution in [0.5, 0.6) is 5.75 Å². The largest absolute Gasteiger partial charge is 0.421 e. The van der Waals surface area contributed by atoms with Gasteiger partial charge in [-0.3, -0.25) is 0 Å². The number of aliphatic hydroxyl groups is 1. The van der Waals surface area contributed by atoms with Gasteiger partial charge in [0.25, 0.3) is 0 Å². The molecule has 3 rings (SSSR count). The first-order chi connectivity index (χ1) is 11.4. The van der Waals surface area contributed by atoms with Crippen molar-refractivity contribution < 1.29 is 14.6 Å². The molecular weight excluding hydrogens is 532 g/mol. The van der Waals surface area contributed by atoms with Crippen molar-refractivity contribution in [2.24, 2.45) is 0 Å². The molecule has 1 N–H and O–H groups in total. The highest BCUT2D eigenvalue weighted by atomic mass is 127. The molecule has 0 bridgehead atoms. The van der Waals surface area contributed by atoms with Crippen LogP contribution >= 0.6 is 45.2 Å². The summed E-state index contributed by atoms with van der Waals surface area (Å²) in [6, 6.07) is 10.1. The second kappa shape index (κ2) is 7.01. The van der Waals surface area contributed by atoms with Crippen LogP contribution in [0.3, 0.4) is 0 Å². The van der Waals surface area contributed by atoms with Gasteiger partial charge < -0.3 is 14.4 Å². The predicted molar refractivity (Wildman–Crippen MR) is 112 cm³/mol. The van der Waals surface area contributed by atoms with Crippen molar-refractivity contribution in [1.82, 2.24) is 4.57 Å². The summed E-state index contributed by atoms with van der Waals surface area (Å²) in [5.41, 5.74) is 2.17. The minimum atomic E-state index is -0.450. The summed E-state index contributed by atoms with van der Waals surface area (Å²) in [7, 11) is 0. The molecule has 1 heterocycles. The molecule has 124 valence electrons. The molecule has 0 unspecified atom stereocenters. The molecule has 2 aromatic carbocycles. The number of ether oxygens (including phenoxy) is 1. The Morgan fingerprint density at radius 2 is 1.92 bits per heavy atom. The van der Waals surface area contributed by atoms with Crippen LogP contribution in [0.15, 0.2) is 42.5 Å². The van der Waals surface area contributed by atoms with E-state index in [1.807, 2.05) is 22.8 Å². The Kier molecular flexibility index (Phi) is 5.16. The lowest BCUT2D eigenvalue weighted by atomic mass is 10.1. The average molecular weight is 547 g/mol. The topological polar surface area (TPSA) is 51.5 Å². The van der Waals surface area contributed by atoms with E-state index in [9.17, 15) is 9.90 Å². The smallest absolute Gasteiger partial charge is 0.338 e.